The summed E-state index contributed by atoms with van der Waals surface area (Å²) in [5.41, 5.74) is 0.922. The van der Waals surface area contributed by atoms with Crippen molar-refractivity contribution in [3.8, 4) is 0 Å². The molecule has 0 aliphatic heterocycles. The van der Waals surface area contributed by atoms with E-state index in [1.807, 2.05) is 30.5 Å². The van der Waals surface area contributed by atoms with Crippen LogP contribution in [0.3, 0.4) is 0 Å². The van der Waals surface area contributed by atoms with Gasteiger partial charge in [0.25, 0.3) is 5.91 Å². The molecule has 0 aromatic heterocycles. The van der Waals surface area contributed by atoms with Gasteiger partial charge in [-0.2, -0.15) is 0 Å². The van der Waals surface area contributed by atoms with Gasteiger partial charge in [0.1, 0.15) is 0 Å². The van der Waals surface area contributed by atoms with Crippen LogP contribution in [0.4, 0.5) is 0 Å². The summed E-state index contributed by atoms with van der Waals surface area (Å²) in [6.45, 7) is 1.93. The number of hydrogen-bond donors (Lipinski definition) is 1. The molecule has 1 N–H and O–H groups in total. The lowest BCUT2D eigenvalue weighted by atomic mass is 9.86. The summed E-state index contributed by atoms with van der Waals surface area (Å²) >= 11 is 1.67. The van der Waals surface area contributed by atoms with Gasteiger partial charge >= 0.3 is 5.97 Å². The van der Waals surface area contributed by atoms with Crippen LogP contribution >= 0.6 is 11.8 Å². The van der Waals surface area contributed by atoms with Gasteiger partial charge in [0.2, 0.25) is 0 Å². The molecule has 1 aliphatic carbocycles. The van der Waals surface area contributed by atoms with Crippen molar-refractivity contribution in [3.63, 3.8) is 0 Å². The second-order valence-electron chi connectivity index (χ2n) is 6.15. The first kappa shape index (κ1) is 18.6. The molecule has 5 heteroatoms. The third-order valence-corrected chi connectivity index (χ3v) is 5.07. The van der Waals surface area contributed by atoms with E-state index in [-0.39, 0.29) is 18.6 Å². The molecule has 1 aliphatic rings. The molecule has 0 unspecified atom stereocenters. The molecule has 4 nitrogen and oxygen atoms in total. The van der Waals surface area contributed by atoms with E-state index in [4.69, 9.17) is 4.74 Å². The molecule has 1 saturated carbocycles. The van der Waals surface area contributed by atoms with Crippen LogP contribution in [0.2, 0.25) is 0 Å². The summed E-state index contributed by atoms with van der Waals surface area (Å²) in [6, 6.07) is 8.07. The lowest BCUT2D eigenvalue weighted by molar-refractivity contribution is -0.144. The Morgan fingerprint density at radius 3 is 2.62 bits per heavy atom. The number of rotatable bonds is 6. The molecule has 24 heavy (non-hydrogen) atoms. The molecule has 0 bridgehead atoms. The number of amides is 1. The van der Waals surface area contributed by atoms with Gasteiger partial charge in [0.15, 0.2) is 6.61 Å². The Morgan fingerprint density at radius 1 is 1.25 bits per heavy atom. The standard InChI is InChI=1S/C19H25NO3S/c1-14-5-3-4-6-17(14)20-18(21)13-23-19(22)12-9-15-7-10-16(24-2)11-8-15/h7-12,14,17H,3-6,13H2,1-2H3,(H,20,21)/b12-9+/t14-,17-/m1/s1. The zero-order chi connectivity index (χ0) is 17.4. The van der Waals surface area contributed by atoms with E-state index in [0.29, 0.717) is 5.92 Å². The summed E-state index contributed by atoms with van der Waals surface area (Å²) in [5, 5.41) is 2.97. The van der Waals surface area contributed by atoms with Gasteiger partial charge < -0.3 is 10.1 Å². The highest BCUT2D eigenvalue weighted by Gasteiger charge is 2.22. The van der Waals surface area contributed by atoms with Crippen molar-refractivity contribution in [2.75, 3.05) is 12.9 Å². The minimum atomic E-state index is -0.504. The number of benzene rings is 1. The fourth-order valence-electron chi connectivity index (χ4n) is 2.84. The van der Waals surface area contributed by atoms with Crippen molar-refractivity contribution in [2.45, 2.75) is 43.5 Å². The average molecular weight is 347 g/mol. The first-order chi connectivity index (χ1) is 11.6. The van der Waals surface area contributed by atoms with E-state index in [0.717, 1.165) is 24.8 Å². The Labute approximate surface area is 148 Å². The Hall–Kier alpha value is -1.75. The Kier molecular flexibility index (Phi) is 7.37. The minimum absolute atomic E-state index is 0.204. The number of thioether (sulfide) groups is 1. The molecule has 0 saturated heterocycles. The monoisotopic (exact) mass is 347 g/mol. The minimum Gasteiger partial charge on any atom is -0.452 e. The third-order valence-electron chi connectivity index (χ3n) is 4.33. The first-order valence-electron chi connectivity index (χ1n) is 8.36. The molecule has 2 rings (SSSR count). The zero-order valence-electron chi connectivity index (χ0n) is 14.3. The van der Waals surface area contributed by atoms with Crippen LogP contribution in [0.15, 0.2) is 35.2 Å². The molecular weight excluding hydrogens is 322 g/mol. The van der Waals surface area contributed by atoms with E-state index >= 15 is 0 Å². The summed E-state index contributed by atoms with van der Waals surface area (Å²) in [4.78, 5) is 24.8. The number of hydrogen-bond acceptors (Lipinski definition) is 4. The maximum atomic E-state index is 11.9. The van der Waals surface area contributed by atoms with Crippen molar-refractivity contribution < 1.29 is 14.3 Å². The molecule has 0 radical (unpaired) electrons. The first-order valence-corrected chi connectivity index (χ1v) is 9.59. The van der Waals surface area contributed by atoms with E-state index in [9.17, 15) is 9.59 Å². The molecule has 1 aromatic carbocycles. The van der Waals surface area contributed by atoms with Crippen molar-refractivity contribution >= 4 is 29.7 Å². The predicted octanol–water partition coefficient (Wildman–Crippen LogP) is 3.66. The molecule has 1 amide bonds. The molecule has 0 spiro atoms. The van der Waals surface area contributed by atoms with Gasteiger partial charge in [-0.1, -0.05) is 31.9 Å². The third kappa shape index (κ3) is 6.04. The maximum absolute atomic E-state index is 11.9. The van der Waals surface area contributed by atoms with Crippen LogP contribution in [-0.2, 0) is 14.3 Å². The van der Waals surface area contributed by atoms with E-state index in [2.05, 4.69) is 12.2 Å². The topological polar surface area (TPSA) is 55.4 Å². The van der Waals surface area contributed by atoms with Crippen LogP contribution in [0.1, 0.15) is 38.2 Å². The van der Waals surface area contributed by atoms with Crippen molar-refractivity contribution in [2.24, 2.45) is 5.92 Å². The van der Waals surface area contributed by atoms with Gasteiger partial charge in [-0.25, -0.2) is 4.79 Å². The number of esters is 1. The quantitative estimate of drug-likeness (QED) is 0.485. The van der Waals surface area contributed by atoms with Crippen LogP contribution < -0.4 is 5.32 Å². The summed E-state index contributed by atoms with van der Waals surface area (Å²) in [7, 11) is 0. The number of carbonyl (C=O) groups is 2. The summed E-state index contributed by atoms with van der Waals surface area (Å²) in [5.74, 6) is -0.238. The van der Waals surface area contributed by atoms with Gasteiger partial charge in [0.05, 0.1) is 0 Å². The molecule has 2 atom stereocenters. The van der Waals surface area contributed by atoms with Gasteiger partial charge in [0, 0.05) is 17.0 Å². The SMILES string of the molecule is CSc1ccc(/C=C/C(=O)OCC(=O)N[C@@H]2CCCC[C@H]2C)cc1. The number of nitrogens with one attached hydrogen (secondary N) is 1. The maximum Gasteiger partial charge on any atom is 0.331 e. The normalized spacial score (nSPS) is 20.8. The highest BCUT2D eigenvalue weighted by molar-refractivity contribution is 7.98. The van der Waals surface area contributed by atoms with Gasteiger partial charge in [-0.3, -0.25) is 4.79 Å². The fraction of sp³-hybridized carbons (Fsp3) is 0.474. The average Bonchev–Trinajstić information content (AvgIpc) is 2.60. The smallest absolute Gasteiger partial charge is 0.331 e. The van der Waals surface area contributed by atoms with Crippen LogP contribution in [0.5, 0.6) is 0 Å². The summed E-state index contributed by atoms with van der Waals surface area (Å²) in [6.07, 6.45) is 9.58. The molecular formula is C19H25NO3S. The van der Waals surface area contributed by atoms with E-state index in [1.165, 1.54) is 17.4 Å². The van der Waals surface area contributed by atoms with Crippen molar-refractivity contribution in [3.05, 3.63) is 35.9 Å². The highest BCUT2D eigenvalue weighted by Crippen LogP contribution is 2.23. The fourth-order valence-corrected chi connectivity index (χ4v) is 3.25. The van der Waals surface area contributed by atoms with Gasteiger partial charge in [-0.05, 0) is 48.8 Å². The van der Waals surface area contributed by atoms with E-state index < -0.39 is 5.97 Å². The molecule has 130 valence electrons. The molecule has 1 fully saturated rings. The number of carbonyl (C=O) groups excluding carboxylic acids is 2. The van der Waals surface area contributed by atoms with Crippen LogP contribution in [-0.4, -0.2) is 30.8 Å². The largest absolute Gasteiger partial charge is 0.452 e. The lowest BCUT2D eigenvalue weighted by Gasteiger charge is -2.29. The van der Waals surface area contributed by atoms with Crippen molar-refractivity contribution in [1.82, 2.24) is 5.32 Å². The van der Waals surface area contributed by atoms with Crippen LogP contribution in [0, 0.1) is 5.92 Å². The predicted molar refractivity (Wildman–Crippen MR) is 97.8 cm³/mol. The number of ether oxygens (including phenoxy) is 1. The van der Waals surface area contributed by atoms with Gasteiger partial charge in [-0.15, -0.1) is 11.8 Å². The van der Waals surface area contributed by atoms with E-state index in [1.54, 1.807) is 17.8 Å². The Bertz CT molecular complexity index is 583. The lowest BCUT2D eigenvalue weighted by Crippen LogP contribution is -2.42. The Balaban J connectivity index is 1.73. The molecule has 1 aromatic rings. The second-order valence-corrected chi connectivity index (χ2v) is 7.03. The summed E-state index contributed by atoms with van der Waals surface area (Å²) < 4.78 is 5.01. The zero-order valence-corrected chi connectivity index (χ0v) is 15.1. The van der Waals surface area contributed by atoms with Crippen LogP contribution in [0.25, 0.3) is 6.08 Å². The second kappa shape index (κ2) is 9.52. The highest BCUT2D eigenvalue weighted by atomic mass is 32.2. The van der Waals surface area contributed by atoms with Crippen molar-refractivity contribution in [1.29, 1.82) is 0 Å². The molecule has 0 heterocycles. The Morgan fingerprint density at radius 2 is 1.96 bits per heavy atom.